The minimum absolute atomic E-state index is 0.116. The number of nitrogens with two attached hydrogens (primary N) is 1. The van der Waals surface area contributed by atoms with Gasteiger partial charge in [-0.15, -0.1) is 0 Å². The van der Waals surface area contributed by atoms with E-state index < -0.39 is 33.7 Å². The number of fused-ring (bicyclic) bond motifs is 1. The molecule has 0 saturated carbocycles. The second-order valence-corrected chi connectivity index (χ2v) is 7.39. The lowest BCUT2D eigenvalue weighted by molar-refractivity contribution is -0.137. The van der Waals surface area contributed by atoms with Crippen LogP contribution in [0.25, 0.3) is 0 Å². The summed E-state index contributed by atoms with van der Waals surface area (Å²) in [5, 5.41) is 0. The molecule has 1 heterocycles. The van der Waals surface area contributed by atoms with E-state index in [9.17, 15) is 26.4 Å². The van der Waals surface area contributed by atoms with Gasteiger partial charge >= 0.3 is 6.18 Å². The zero-order chi connectivity index (χ0) is 18.4. The Morgan fingerprint density at radius 2 is 1.68 bits per heavy atom. The number of rotatable bonds is 3. The monoisotopic (exact) mass is 370 g/mol. The highest BCUT2D eigenvalue weighted by Gasteiger charge is 2.41. The van der Waals surface area contributed by atoms with E-state index in [1.165, 1.54) is 6.07 Å². The second-order valence-electron chi connectivity index (χ2n) is 5.57. The number of carbonyl (C=O) groups is 1. The fraction of sp³-hybridized carbons (Fsp3) is 0.188. The predicted octanol–water partition coefficient (Wildman–Crippen LogP) is 2.31. The molecule has 0 unspecified atom stereocenters. The van der Waals surface area contributed by atoms with Gasteiger partial charge in [0.1, 0.15) is 6.04 Å². The summed E-state index contributed by atoms with van der Waals surface area (Å²) < 4.78 is 64.7. The Kier molecular flexibility index (Phi) is 3.98. The number of benzene rings is 2. The van der Waals surface area contributed by atoms with Crippen molar-refractivity contribution in [3.63, 3.8) is 0 Å². The van der Waals surface area contributed by atoms with Gasteiger partial charge < -0.3 is 5.73 Å². The second kappa shape index (κ2) is 5.76. The number of hydrogen-bond donors (Lipinski definition) is 1. The molecule has 0 spiro atoms. The molecule has 3 rings (SSSR count). The first-order valence-corrected chi connectivity index (χ1v) is 8.65. The van der Waals surface area contributed by atoms with Crippen molar-refractivity contribution < 1.29 is 26.4 Å². The van der Waals surface area contributed by atoms with Gasteiger partial charge in [0.25, 0.3) is 10.0 Å². The van der Waals surface area contributed by atoms with E-state index in [4.69, 9.17) is 5.73 Å². The molecule has 1 aliphatic rings. The van der Waals surface area contributed by atoms with Crippen molar-refractivity contribution >= 4 is 21.6 Å². The highest BCUT2D eigenvalue weighted by Crippen LogP contribution is 2.37. The molecular formula is C16H13F3N2O3S. The Bertz CT molecular complexity index is 924. The SMILES string of the molecule is NC(=O)[C@@H]1Cc2ccccc2N1S(=O)(=O)c1ccc(C(F)(F)F)cc1. The first-order chi connectivity index (χ1) is 11.6. The molecule has 0 saturated heterocycles. The Hall–Kier alpha value is -2.55. The average molecular weight is 370 g/mol. The van der Waals surface area contributed by atoms with Gasteiger partial charge in [-0.25, -0.2) is 8.42 Å². The molecule has 9 heteroatoms. The van der Waals surface area contributed by atoms with Crippen LogP contribution in [0.1, 0.15) is 11.1 Å². The van der Waals surface area contributed by atoms with Crippen molar-refractivity contribution in [3.8, 4) is 0 Å². The molecule has 2 aromatic carbocycles. The number of sulfonamides is 1. The van der Waals surface area contributed by atoms with E-state index in [0.717, 1.165) is 16.4 Å². The molecular weight excluding hydrogens is 357 g/mol. The maximum atomic E-state index is 12.9. The Labute approximate surface area is 141 Å². The minimum atomic E-state index is -4.57. The van der Waals surface area contributed by atoms with Gasteiger partial charge in [0.05, 0.1) is 16.1 Å². The number of alkyl halides is 3. The summed E-state index contributed by atoms with van der Waals surface area (Å²) in [5.41, 5.74) is 5.30. The van der Waals surface area contributed by atoms with E-state index in [0.29, 0.717) is 23.4 Å². The summed E-state index contributed by atoms with van der Waals surface area (Å²) in [5.74, 6) is -0.827. The number of anilines is 1. The van der Waals surface area contributed by atoms with Crippen LogP contribution in [0, 0.1) is 0 Å². The number of nitrogens with zero attached hydrogens (tertiary/aromatic N) is 1. The van der Waals surface area contributed by atoms with Gasteiger partial charge in [0, 0.05) is 6.42 Å². The van der Waals surface area contributed by atoms with E-state index >= 15 is 0 Å². The lowest BCUT2D eigenvalue weighted by atomic mass is 10.1. The Morgan fingerprint density at radius 1 is 1.08 bits per heavy atom. The molecule has 1 aliphatic heterocycles. The zero-order valence-corrected chi connectivity index (χ0v) is 13.5. The summed E-state index contributed by atoms with van der Waals surface area (Å²) in [7, 11) is -4.24. The zero-order valence-electron chi connectivity index (χ0n) is 12.7. The third-order valence-electron chi connectivity index (χ3n) is 3.99. The van der Waals surface area contributed by atoms with Crippen molar-refractivity contribution in [3.05, 3.63) is 59.7 Å². The van der Waals surface area contributed by atoms with Crippen LogP contribution in [0.4, 0.5) is 18.9 Å². The first-order valence-electron chi connectivity index (χ1n) is 7.21. The number of amides is 1. The maximum absolute atomic E-state index is 12.9. The van der Waals surface area contributed by atoms with Crippen molar-refractivity contribution in [1.29, 1.82) is 0 Å². The number of halogens is 3. The quantitative estimate of drug-likeness (QED) is 0.900. The van der Waals surface area contributed by atoms with E-state index in [1.54, 1.807) is 18.2 Å². The van der Waals surface area contributed by atoms with Gasteiger partial charge in [-0.3, -0.25) is 9.10 Å². The first kappa shape index (κ1) is 17.3. The summed E-state index contributed by atoms with van der Waals surface area (Å²) in [6, 6.07) is 8.51. The van der Waals surface area contributed by atoms with Crippen LogP contribution in [0.5, 0.6) is 0 Å². The Morgan fingerprint density at radius 3 is 2.24 bits per heavy atom. The molecule has 132 valence electrons. The fourth-order valence-corrected chi connectivity index (χ4v) is 4.46. The largest absolute Gasteiger partial charge is 0.416 e. The number of primary amides is 1. The molecule has 25 heavy (non-hydrogen) atoms. The molecule has 0 bridgehead atoms. The normalized spacial score (nSPS) is 17.4. The van der Waals surface area contributed by atoms with Crippen LogP contribution in [-0.4, -0.2) is 20.4 Å². The molecule has 0 radical (unpaired) electrons. The van der Waals surface area contributed by atoms with Gasteiger partial charge in [-0.1, -0.05) is 18.2 Å². The van der Waals surface area contributed by atoms with Gasteiger partial charge in [0.15, 0.2) is 0 Å². The van der Waals surface area contributed by atoms with Crippen LogP contribution < -0.4 is 10.0 Å². The summed E-state index contributed by atoms with van der Waals surface area (Å²) in [6.45, 7) is 0. The third-order valence-corrected chi connectivity index (χ3v) is 5.83. The summed E-state index contributed by atoms with van der Waals surface area (Å²) >= 11 is 0. The van der Waals surface area contributed by atoms with Gasteiger partial charge in [-0.2, -0.15) is 13.2 Å². The van der Waals surface area contributed by atoms with Crippen LogP contribution in [0.15, 0.2) is 53.4 Å². The van der Waals surface area contributed by atoms with Crippen LogP contribution >= 0.6 is 0 Å². The molecule has 0 fully saturated rings. The summed E-state index contributed by atoms with van der Waals surface area (Å²) in [4.78, 5) is 11.4. The van der Waals surface area contributed by atoms with Gasteiger partial charge in [-0.05, 0) is 35.9 Å². The smallest absolute Gasteiger partial charge is 0.368 e. The molecule has 0 aromatic heterocycles. The molecule has 1 atom stereocenters. The predicted molar refractivity (Wildman–Crippen MR) is 84.2 cm³/mol. The molecule has 2 aromatic rings. The van der Waals surface area contributed by atoms with Crippen LogP contribution in [-0.2, 0) is 27.4 Å². The number of para-hydroxylation sites is 1. The molecule has 0 aliphatic carbocycles. The van der Waals surface area contributed by atoms with Crippen molar-refractivity contribution in [2.45, 2.75) is 23.5 Å². The van der Waals surface area contributed by atoms with Crippen LogP contribution in [0.2, 0.25) is 0 Å². The highest BCUT2D eigenvalue weighted by molar-refractivity contribution is 7.93. The highest BCUT2D eigenvalue weighted by atomic mass is 32.2. The summed E-state index contributed by atoms with van der Waals surface area (Å²) in [6.07, 6.45) is -4.45. The van der Waals surface area contributed by atoms with Crippen molar-refractivity contribution in [2.75, 3.05) is 4.31 Å². The topological polar surface area (TPSA) is 80.5 Å². The Balaban J connectivity index is 2.08. The van der Waals surface area contributed by atoms with Crippen molar-refractivity contribution in [1.82, 2.24) is 0 Å². The standard InChI is InChI=1S/C16H13F3N2O3S/c17-16(18,19)11-5-7-12(8-6-11)25(23,24)21-13-4-2-1-3-10(13)9-14(21)15(20)22/h1-8,14H,9H2,(H2,20,22)/t14-/m0/s1. The molecule has 5 nitrogen and oxygen atoms in total. The fourth-order valence-electron chi connectivity index (χ4n) is 2.80. The third kappa shape index (κ3) is 2.95. The van der Waals surface area contributed by atoms with Crippen LogP contribution in [0.3, 0.4) is 0 Å². The minimum Gasteiger partial charge on any atom is -0.368 e. The molecule has 1 amide bonds. The van der Waals surface area contributed by atoms with E-state index in [-0.39, 0.29) is 11.3 Å². The lowest BCUT2D eigenvalue weighted by Gasteiger charge is -2.25. The van der Waals surface area contributed by atoms with Crippen molar-refractivity contribution in [2.24, 2.45) is 5.73 Å². The lowest BCUT2D eigenvalue weighted by Crippen LogP contribution is -2.45. The van der Waals surface area contributed by atoms with E-state index in [2.05, 4.69) is 0 Å². The average Bonchev–Trinajstić information content (AvgIpc) is 2.94. The number of carbonyl (C=O) groups excluding carboxylic acids is 1. The number of hydrogen-bond acceptors (Lipinski definition) is 3. The van der Waals surface area contributed by atoms with E-state index in [1.807, 2.05) is 0 Å². The maximum Gasteiger partial charge on any atom is 0.416 e. The van der Waals surface area contributed by atoms with Gasteiger partial charge in [0.2, 0.25) is 5.91 Å². The molecule has 2 N–H and O–H groups in total.